The zero-order valence-electron chi connectivity index (χ0n) is 28.4. The van der Waals surface area contributed by atoms with Gasteiger partial charge in [0.25, 0.3) is 0 Å². The average molecular weight is 612 g/mol. The van der Waals surface area contributed by atoms with E-state index < -0.39 is 17.7 Å². The smallest absolute Gasteiger partial charge is 0.434 e. The molecular weight excluding hydrogens is 558 g/mol. The fraction of sp³-hybridized carbons (Fsp3) is 0.694. The lowest BCUT2D eigenvalue weighted by molar-refractivity contribution is -0.128. The van der Waals surface area contributed by atoms with Gasteiger partial charge in [0.2, 0.25) is 5.91 Å². The van der Waals surface area contributed by atoms with Crippen LogP contribution in [0.15, 0.2) is 17.7 Å². The Morgan fingerprint density at radius 1 is 0.932 bits per heavy atom. The maximum atomic E-state index is 12.5. The van der Waals surface area contributed by atoms with Crippen molar-refractivity contribution >= 4 is 18.2 Å². The zero-order valence-corrected chi connectivity index (χ0v) is 28.4. The molecule has 0 aromatic heterocycles. The topological polar surface area (TPSA) is 114 Å². The van der Waals surface area contributed by atoms with Crippen LogP contribution in [-0.4, -0.2) is 31.4 Å². The molecule has 0 radical (unpaired) electrons. The lowest BCUT2D eigenvalue weighted by Crippen LogP contribution is -2.56. The first-order valence-electron chi connectivity index (χ1n) is 16.4. The molecule has 1 amide bonds. The van der Waals surface area contributed by atoms with E-state index in [9.17, 15) is 14.4 Å². The van der Waals surface area contributed by atoms with Gasteiger partial charge in [-0.25, -0.2) is 9.59 Å². The van der Waals surface area contributed by atoms with Gasteiger partial charge in [0.15, 0.2) is 11.5 Å². The molecule has 244 valence electrons. The van der Waals surface area contributed by atoms with Gasteiger partial charge in [-0.3, -0.25) is 4.79 Å². The van der Waals surface area contributed by atoms with Gasteiger partial charge in [-0.2, -0.15) is 0 Å². The van der Waals surface area contributed by atoms with Crippen LogP contribution in [0.5, 0.6) is 11.5 Å². The first-order chi connectivity index (χ1) is 20.5. The van der Waals surface area contributed by atoms with Crippen molar-refractivity contribution < 1.29 is 33.3 Å². The standard InChI is InChI=1S/C36H53NO7/c1-10-33(6,29(37)38)17-15-32(5)16-20-36(9)27-14-13-24-23(4)28(44-31(40)42-12-3)26(43-30(39)41-11-2)21-25(24)35(27,8)19-18-34(36,7)22-32/h14,21H,10-13,15-20,22H2,1-9H3,(H2,37,38)/t32-,33+,34+,35+,36-/m1/s1. The summed E-state index contributed by atoms with van der Waals surface area (Å²) < 4.78 is 21.4. The van der Waals surface area contributed by atoms with Crippen LogP contribution in [0.3, 0.4) is 0 Å². The molecule has 0 spiro atoms. The van der Waals surface area contributed by atoms with Gasteiger partial charge in [0.05, 0.1) is 13.2 Å². The van der Waals surface area contributed by atoms with Gasteiger partial charge in [0, 0.05) is 10.8 Å². The highest BCUT2D eigenvalue weighted by molar-refractivity contribution is 5.80. The number of hydrogen-bond acceptors (Lipinski definition) is 7. The van der Waals surface area contributed by atoms with E-state index in [1.807, 2.05) is 19.9 Å². The maximum Gasteiger partial charge on any atom is 0.513 e. The van der Waals surface area contributed by atoms with E-state index >= 15 is 0 Å². The summed E-state index contributed by atoms with van der Waals surface area (Å²) in [6.45, 7) is 19.3. The Balaban J connectivity index is 1.70. The quantitative estimate of drug-likeness (QED) is 0.169. The van der Waals surface area contributed by atoms with Crippen molar-refractivity contribution in [1.82, 2.24) is 0 Å². The summed E-state index contributed by atoms with van der Waals surface area (Å²) in [6, 6.07) is 1.88. The molecule has 1 aromatic carbocycles. The van der Waals surface area contributed by atoms with Gasteiger partial charge >= 0.3 is 12.3 Å². The number of allylic oxidation sites excluding steroid dienone is 2. The number of ether oxygens (including phenoxy) is 4. The van der Waals surface area contributed by atoms with Crippen LogP contribution < -0.4 is 15.2 Å². The number of carbonyl (C=O) groups excluding carboxylic acids is 3. The highest BCUT2D eigenvalue weighted by Crippen LogP contribution is 2.70. The van der Waals surface area contributed by atoms with Crippen LogP contribution >= 0.6 is 0 Å². The molecule has 1 aromatic rings. The molecule has 4 rings (SSSR count). The van der Waals surface area contributed by atoms with E-state index in [4.69, 9.17) is 24.7 Å². The number of fused-ring (bicyclic) bond motifs is 5. The van der Waals surface area contributed by atoms with Crippen molar-refractivity contribution in [1.29, 1.82) is 0 Å². The van der Waals surface area contributed by atoms with E-state index in [-0.39, 0.29) is 52.3 Å². The fourth-order valence-corrected chi connectivity index (χ4v) is 8.61. The molecule has 0 bridgehead atoms. The lowest BCUT2D eigenvalue weighted by Gasteiger charge is -2.64. The van der Waals surface area contributed by atoms with E-state index in [1.165, 1.54) is 5.57 Å². The largest absolute Gasteiger partial charge is 0.513 e. The first-order valence-corrected chi connectivity index (χ1v) is 16.4. The Labute approximate surface area is 263 Å². The second-order valence-corrected chi connectivity index (χ2v) is 14.7. The number of amides is 1. The minimum Gasteiger partial charge on any atom is -0.434 e. The zero-order chi connectivity index (χ0) is 32.7. The van der Waals surface area contributed by atoms with E-state index in [1.54, 1.807) is 13.8 Å². The third kappa shape index (κ3) is 5.74. The van der Waals surface area contributed by atoms with Crippen LogP contribution in [0.1, 0.15) is 123 Å². The lowest BCUT2D eigenvalue weighted by atomic mass is 9.40. The molecule has 0 saturated heterocycles. The molecule has 3 aliphatic carbocycles. The van der Waals surface area contributed by atoms with E-state index in [0.29, 0.717) is 6.42 Å². The third-order valence-corrected chi connectivity index (χ3v) is 12.0. The minimum atomic E-state index is -0.845. The monoisotopic (exact) mass is 611 g/mol. The number of rotatable bonds is 9. The summed E-state index contributed by atoms with van der Waals surface area (Å²) >= 11 is 0. The highest BCUT2D eigenvalue weighted by Gasteiger charge is 2.61. The first kappa shape index (κ1) is 33.9. The highest BCUT2D eigenvalue weighted by atomic mass is 16.7. The molecule has 0 heterocycles. The number of primary amides is 1. The molecule has 8 nitrogen and oxygen atoms in total. The Morgan fingerprint density at radius 2 is 1.57 bits per heavy atom. The molecular formula is C36H53NO7. The summed E-state index contributed by atoms with van der Waals surface area (Å²) in [4.78, 5) is 37.1. The van der Waals surface area contributed by atoms with E-state index in [0.717, 1.165) is 68.1 Å². The number of nitrogens with two attached hydrogens (primary N) is 1. The average Bonchev–Trinajstić information content (AvgIpc) is 2.95. The van der Waals surface area contributed by atoms with Crippen LogP contribution in [0.4, 0.5) is 9.59 Å². The van der Waals surface area contributed by atoms with Crippen molar-refractivity contribution in [2.75, 3.05) is 13.2 Å². The summed E-state index contributed by atoms with van der Waals surface area (Å²) in [7, 11) is 0. The van der Waals surface area contributed by atoms with Gasteiger partial charge in [-0.15, -0.1) is 0 Å². The molecule has 8 heteroatoms. The van der Waals surface area contributed by atoms with Crippen molar-refractivity contribution in [3.63, 3.8) is 0 Å². The molecule has 44 heavy (non-hydrogen) atoms. The number of hydrogen-bond donors (Lipinski definition) is 1. The minimum absolute atomic E-state index is 0.0227. The van der Waals surface area contributed by atoms with Gasteiger partial charge in [-0.05, 0) is 118 Å². The normalized spacial score (nSPS) is 30.4. The predicted molar refractivity (Wildman–Crippen MR) is 170 cm³/mol. The van der Waals surface area contributed by atoms with Gasteiger partial charge in [0.1, 0.15) is 0 Å². The van der Waals surface area contributed by atoms with Crippen molar-refractivity contribution in [2.24, 2.45) is 27.4 Å². The maximum absolute atomic E-state index is 12.5. The third-order valence-electron chi connectivity index (χ3n) is 12.0. The SMILES string of the molecule is CCOC(=O)Oc1cc2c(c(C)c1OC(=O)OCC)CC=C1[C@@]2(C)CC[C@@]2(C)C[C@](C)(CC[C@](C)(CC)C(N)=O)CC[C@]12C. The van der Waals surface area contributed by atoms with Crippen LogP contribution in [0.25, 0.3) is 0 Å². The molecule has 2 saturated carbocycles. The summed E-state index contributed by atoms with van der Waals surface area (Å²) in [5.41, 5.74) is 9.68. The summed E-state index contributed by atoms with van der Waals surface area (Å²) in [5, 5.41) is 0. The van der Waals surface area contributed by atoms with Gasteiger partial charge in [-0.1, -0.05) is 53.2 Å². The fourth-order valence-electron chi connectivity index (χ4n) is 8.61. The second-order valence-electron chi connectivity index (χ2n) is 14.7. The summed E-state index contributed by atoms with van der Waals surface area (Å²) in [6.07, 6.45) is 9.20. The molecule has 5 atom stereocenters. The van der Waals surface area contributed by atoms with Crippen molar-refractivity contribution in [3.8, 4) is 11.5 Å². The van der Waals surface area contributed by atoms with Crippen LogP contribution in [0, 0.1) is 28.6 Å². The number of carbonyl (C=O) groups is 3. The second kappa shape index (κ2) is 12.1. The van der Waals surface area contributed by atoms with E-state index in [2.05, 4.69) is 40.7 Å². The van der Waals surface area contributed by atoms with Crippen LogP contribution in [-0.2, 0) is 26.1 Å². The molecule has 2 N–H and O–H groups in total. The Morgan fingerprint density at radius 3 is 2.16 bits per heavy atom. The summed E-state index contributed by atoms with van der Waals surface area (Å²) in [5.74, 6) is 0.150. The predicted octanol–water partition coefficient (Wildman–Crippen LogP) is 8.48. The molecule has 0 unspecified atom stereocenters. The molecule has 2 fully saturated rings. The number of benzene rings is 1. The van der Waals surface area contributed by atoms with Crippen LogP contribution in [0.2, 0.25) is 0 Å². The molecule has 3 aliphatic rings. The Kier molecular flexibility index (Phi) is 9.27. The van der Waals surface area contributed by atoms with Gasteiger partial charge < -0.3 is 24.7 Å². The van der Waals surface area contributed by atoms with Crippen molar-refractivity contribution in [2.45, 2.75) is 126 Å². The Bertz CT molecular complexity index is 1350. The Hall–Kier alpha value is -3.03. The van der Waals surface area contributed by atoms with Crippen molar-refractivity contribution in [3.05, 3.63) is 34.4 Å². The molecule has 0 aliphatic heterocycles.